The van der Waals surface area contributed by atoms with Crippen molar-refractivity contribution in [1.29, 1.82) is 0 Å². The van der Waals surface area contributed by atoms with Gasteiger partial charge < -0.3 is 10.6 Å². The van der Waals surface area contributed by atoms with Crippen molar-refractivity contribution in [3.63, 3.8) is 0 Å². The molecule has 0 fully saturated rings. The van der Waals surface area contributed by atoms with Gasteiger partial charge in [0.25, 0.3) is 0 Å². The minimum atomic E-state index is -0.562. The fourth-order valence-electron chi connectivity index (χ4n) is 2.21. The third-order valence-electron chi connectivity index (χ3n) is 3.58. The van der Waals surface area contributed by atoms with Crippen LogP contribution in [0.2, 0.25) is 0 Å². The number of hydrogen-bond acceptors (Lipinski definition) is 5. The monoisotopic (exact) mass is 355 g/mol. The van der Waals surface area contributed by atoms with Crippen molar-refractivity contribution in [1.82, 2.24) is 25.2 Å². The van der Waals surface area contributed by atoms with Crippen LogP contribution in [0.1, 0.15) is 19.8 Å². The summed E-state index contributed by atoms with van der Waals surface area (Å²) >= 11 is 0. The van der Waals surface area contributed by atoms with Gasteiger partial charge >= 0.3 is 6.03 Å². The Morgan fingerprint density at radius 1 is 1.19 bits per heavy atom. The molecule has 9 heteroatoms. The first-order valence-corrected chi connectivity index (χ1v) is 8.21. The Bertz CT molecular complexity index is 879. The van der Waals surface area contributed by atoms with Crippen LogP contribution in [-0.4, -0.2) is 31.2 Å². The second-order valence-electron chi connectivity index (χ2n) is 5.57. The van der Waals surface area contributed by atoms with Gasteiger partial charge in [0.2, 0.25) is 5.82 Å². The fourth-order valence-corrected chi connectivity index (χ4v) is 2.21. The number of nitrogens with one attached hydrogen (secondary N) is 2. The molecule has 26 heavy (non-hydrogen) atoms. The highest BCUT2D eigenvalue weighted by Gasteiger charge is 2.09. The van der Waals surface area contributed by atoms with Crippen molar-refractivity contribution < 1.29 is 9.18 Å². The summed E-state index contributed by atoms with van der Waals surface area (Å²) in [5.41, 5.74) is 1.35. The molecule has 0 radical (unpaired) electrons. The molecular weight excluding hydrogens is 337 g/mol. The van der Waals surface area contributed by atoms with Crippen LogP contribution in [0.25, 0.3) is 11.4 Å². The molecule has 0 spiro atoms. The lowest BCUT2D eigenvalue weighted by atomic mass is 10.2. The molecule has 0 unspecified atom stereocenters. The van der Waals surface area contributed by atoms with Gasteiger partial charge in [-0.15, -0.1) is 10.2 Å². The number of amides is 2. The van der Waals surface area contributed by atoms with E-state index in [1.807, 2.05) is 0 Å². The number of rotatable bonds is 6. The summed E-state index contributed by atoms with van der Waals surface area (Å²) in [7, 11) is 0. The topological polar surface area (TPSA) is 97.6 Å². The van der Waals surface area contributed by atoms with Gasteiger partial charge in [0.1, 0.15) is 5.82 Å². The summed E-state index contributed by atoms with van der Waals surface area (Å²) in [5.74, 6) is -0.0303. The molecule has 134 valence electrons. The molecule has 0 aliphatic rings. The van der Waals surface area contributed by atoms with E-state index in [0.717, 1.165) is 24.9 Å². The van der Waals surface area contributed by atoms with Gasteiger partial charge in [0, 0.05) is 17.4 Å². The third kappa shape index (κ3) is 4.38. The molecule has 2 aromatic heterocycles. The number of carbonyl (C=O) groups is 1. The van der Waals surface area contributed by atoms with Gasteiger partial charge in [-0.2, -0.15) is 4.80 Å². The summed E-state index contributed by atoms with van der Waals surface area (Å²) in [6, 6.07) is 7.59. The Morgan fingerprint density at radius 2 is 2.00 bits per heavy atom. The van der Waals surface area contributed by atoms with E-state index in [9.17, 15) is 9.18 Å². The molecule has 2 heterocycles. The number of carbonyl (C=O) groups excluding carboxylic acids is 1. The van der Waals surface area contributed by atoms with Gasteiger partial charge in [0.15, 0.2) is 0 Å². The Kier molecular flexibility index (Phi) is 5.47. The van der Waals surface area contributed by atoms with Crippen molar-refractivity contribution in [2.75, 3.05) is 10.6 Å². The Balaban J connectivity index is 1.61. The number of hydrogen-bond donors (Lipinski definition) is 2. The minimum absolute atomic E-state index is 0.00881. The molecule has 2 N–H and O–H groups in total. The van der Waals surface area contributed by atoms with Crippen molar-refractivity contribution in [3.8, 4) is 11.4 Å². The highest BCUT2D eigenvalue weighted by atomic mass is 19.1. The summed E-state index contributed by atoms with van der Waals surface area (Å²) in [6.45, 7) is 2.83. The molecule has 0 aliphatic heterocycles. The quantitative estimate of drug-likeness (QED) is 0.707. The highest BCUT2D eigenvalue weighted by molar-refractivity contribution is 5.99. The molecule has 3 rings (SSSR count). The van der Waals surface area contributed by atoms with Crippen molar-refractivity contribution >= 4 is 17.4 Å². The minimum Gasteiger partial charge on any atom is -0.308 e. The van der Waals surface area contributed by atoms with E-state index < -0.39 is 11.8 Å². The molecule has 0 bridgehead atoms. The zero-order chi connectivity index (χ0) is 18.4. The average molecular weight is 355 g/mol. The second kappa shape index (κ2) is 8.15. The highest BCUT2D eigenvalue weighted by Crippen LogP contribution is 2.18. The van der Waals surface area contributed by atoms with E-state index in [2.05, 4.69) is 38.0 Å². The maximum Gasteiger partial charge on any atom is 0.323 e. The van der Waals surface area contributed by atoms with Crippen LogP contribution >= 0.6 is 0 Å². The molecule has 0 aliphatic carbocycles. The number of pyridine rings is 1. The van der Waals surface area contributed by atoms with Gasteiger partial charge in [-0.1, -0.05) is 13.3 Å². The maximum absolute atomic E-state index is 13.5. The second-order valence-corrected chi connectivity index (χ2v) is 5.57. The van der Waals surface area contributed by atoms with Crippen molar-refractivity contribution in [2.24, 2.45) is 0 Å². The zero-order valence-electron chi connectivity index (χ0n) is 14.2. The smallest absolute Gasteiger partial charge is 0.308 e. The first-order valence-electron chi connectivity index (χ1n) is 8.21. The number of aromatic nitrogens is 5. The third-order valence-corrected chi connectivity index (χ3v) is 3.58. The predicted octanol–water partition coefficient (Wildman–Crippen LogP) is 3.32. The number of aryl methyl sites for hydroxylation is 1. The van der Waals surface area contributed by atoms with Crippen LogP contribution < -0.4 is 10.6 Å². The van der Waals surface area contributed by atoms with Crippen LogP contribution in [0.4, 0.5) is 20.6 Å². The fraction of sp³-hybridized carbons (Fsp3) is 0.235. The van der Waals surface area contributed by atoms with Crippen LogP contribution in [0, 0.1) is 5.82 Å². The maximum atomic E-state index is 13.5. The first-order chi connectivity index (χ1) is 12.7. The van der Waals surface area contributed by atoms with Crippen LogP contribution in [0.3, 0.4) is 0 Å². The summed E-state index contributed by atoms with van der Waals surface area (Å²) in [5, 5.41) is 17.4. The molecule has 1 aromatic carbocycles. The molecule has 2 amide bonds. The van der Waals surface area contributed by atoms with E-state index >= 15 is 0 Å². The lowest BCUT2D eigenvalue weighted by Gasteiger charge is -2.08. The number of urea groups is 1. The Labute approximate surface area is 149 Å². The predicted molar refractivity (Wildman–Crippen MR) is 95.0 cm³/mol. The molecule has 0 saturated carbocycles. The molecule has 0 saturated heterocycles. The van der Waals surface area contributed by atoms with Gasteiger partial charge in [-0.05, 0) is 42.0 Å². The number of tetrazole rings is 1. The number of unbranched alkanes of at least 4 members (excludes halogenated alkanes) is 1. The lowest BCUT2D eigenvalue weighted by molar-refractivity contribution is 0.262. The van der Waals surface area contributed by atoms with E-state index in [1.54, 1.807) is 29.1 Å². The number of nitrogens with zero attached hydrogens (tertiary/aromatic N) is 5. The van der Waals surface area contributed by atoms with Crippen LogP contribution in [0.5, 0.6) is 0 Å². The molecular formula is C17H18FN7O. The summed E-state index contributed by atoms with van der Waals surface area (Å²) in [4.78, 5) is 17.3. The molecule has 3 aromatic rings. The standard InChI is InChI=1S/C17H18FN7O/c1-2-3-10-25-23-16(22-24-25)12-4-6-13(7-5-12)20-17(26)21-15-11-19-9-8-14(15)18/h4-9,11H,2-3,10H2,1H3,(H2,20,21,26). The summed E-state index contributed by atoms with van der Waals surface area (Å²) < 4.78 is 13.5. The van der Waals surface area contributed by atoms with E-state index in [0.29, 0.717) is 11.5 Å². The average Bonchev–Trinajstić information content (AvgIpc) is 3.11. The number of anilines is 2. The van der Waals surface area contributed by atoms with Crippen molar-refractivity contribution in [2.45, 2.75) is 26.3 Å². The van der Waals surface area contributed by atoms with Gasteiger partial charge in [-0.25, -0.2) is 9.18 Å². The Hall–Kier alpha value is -3.36. The largest absolute Gasteiger partial charge is 0.323 e. The van der Waals surface area contributed by atoms with E-state index in [-0.39, 0.29) is 5.69 Å². The van der Waals surface area contributed by atoms with E-state index in [1.165, 1.54) is 18.5 Å². The Morgan fingerprint density at radius 3 is 2.73 bits per heavy atom. The van der Waals surface area contributed by atoms with Crippen LogP contribution in [0.15, 0.2) is 42.7 Å². The van der Waals surface area contributed by atoms with Gasteiger partial charge in [-0.3, -0.25) is 4.98 Å². The van der Waals surface area contributed by atoms with Crippen LogP contribution in [-0.2, 0) is 6.54 Å². The normalized spacial score (nSPS) is 10.5. The number of halogens is 1. The molecule has 8 nitrogen and oxygen atoms in total. The SMILES string of the molecule is CCCCn1nnc(-c2ccc(NC(=O)Nc3cnccc3F)cc2)n1. The lowest BCUT2D eigenvalue weighted by Crippen LogP contribution is -2.20. The molecule has 0 atom stereocenters. The zero-order valence-corrected chi connectivity index (χ0v) is 14.2. The van der Waals surface area contributed by atoms with Gasteiger partial charge in [0.05, 0.1) is 18.4 Å². The van der Waals surface area contributed by atoms with E-state index in [4.69, 9.17) is 0 Å². The summed E-state index contributed by atoms with van der Waals surface area (Å²) in [6.07, 6.45) is 4.60. The first kappa shape index (κ1) is 17.5. The number of benzene rings is 1. The van der Waals surface area contributed by atoms with Crippen molar-refractivity contribution in [3.05, 3.63) is 48.5 Å².